The van der Waals surface area contributed by atoms with E-state index in [4.69, 9.17) is 16.3 Å². The average molecular weight is 459 g/mol. The number of carbonyl (C=O) groups is 1. The molecule has 162 valence electrons. The van der Waals surface area contributed by atoms with E-state index in [0.717, 1.165) is 31.0 Å². The quantitative estimate of drug-likeness (QED) is 0.664. The number of benzene rings is 2. The Hall–Kier alpha value is -2.07. The highest BCUT2D eigenvalue weighted by Gasteiger charge is 2.24. The predicted octanol–water partition coefficient (Wildman–Crippen LogP) is 3.57. The Morgan fingerprint density at radius 2 is 2.03 bits per heavy atom. The number of hydrogen-bond donors (Lipinski definition) is 2. The molecular weight excluding hydrogens is 438 g/mol. The minimum atomic E-state index is -3.97. The second-order valence-corrected chi connectivity index (χ2v) is 9.14. The predicted molar refractivity (Wildman–Crippen MR) is 108 cm³/mol. The van der Waals surface area contributed by atoms with Gasteiger partial charge in [-0.2, -0.15) is 0 Å². The first-order valence-corrected chi connectivity index (χ1v) is 11.2. The van der Waals surface area contributed by atoms with Gasteiger partial charge in [0.2, 0.25) is 10.0 Å². The number of nitrogens with one attached hydrogen (secondary N) is 2. The van der Waals surface area contributed by atoms with Gasteiger partial charge in [-0.3, -0.25) is 4.79 Å². The number of amides is 1. The fourth-order valence-corrected chi connectivity index (χ4v) is 4.74. The highest BCUT2D eigenvalue weighted by Crippen LogP contribution is 2.24. The molecule has 0 spiro atoms. The van der Waals surface area contributed by atoms with Crippen LogP contribution in [0.25, 0.3) is 0 Å². The van der Waals surface area contributed by atoms with E-state index in [2.05, 4.69) is 10.0 Å². The zero-order chi connectivity index (χ0) is 21.9. The van der Waals surface area contributed by atoms with Crippen LogP contribution in [0.1, 0.15) is 41.7 Å². The summed E-state index contributed by atoms with van der Waals surface area (Å²) in [7, 11) is -3.97. The van der Waals surface area contributed by atoms with Gasteiger partial charge in [0.25, 0.3) is 5.91 Å². The molecule has 2 atom stereocenters. The lowest BCUT2D eigenvalue weighted by molar-refractivity contribution is 0.0939. The smallest absolute Gasteiger partial charge is 0.251 e. The largest absolute Gasteiger partial charge is 0.377 e. The SMILES string of the molecule is CC(NC(=O)c1ccc(Cl)c(S(=O)(=O)NCC2CCCO2)c1)c1ccc(F)cc1F. The Labute approximate surface area is 178 Å². The highest BCUT2D eigenvalue weighted by molar-refractivity contribution is 7.89. The van der Waals surface area contributed by atoms with Crippen molar-refractivity contribution >= 4 is 27.5 Å². The van der Waals surface area contributed by atoms with Crippen molar-refractivity contribution in [2.24, 2.45) is 0 Å². The van der Waals surface area contributed by atoms with Gasteiger partial charge in [0, 0.05) is 30.3 Å². The third-order valence-electron chi connectivity index (χ3n) is 4.78. The van der Waals surface area contributed by atoms with Crippen LogP contribution < -0.4 is 10.0 Å². The first-order chi connectivity index (χ1) is 14.2. The van der Waals surface area contributed by atoms with Gasteiger partial charge in [-0.25, -0.2) is 21.9 Å². The van der Waals surface area contributed by atoms with Crippen molar-refractivity contribution in [2.75, 3.05) is 13.2 Å². The summed E-state index contributed by atoms with van der Waals surface area (Å²) in [6.07, 6.45) is 1.43. The van der Waals surface area contributed by atoms with E-state index < -0.39 is 33.6 Å². The number of rotatable bonds is 7. The van der Waals surface area contributed by atoms with Crippen LogP contribution in [-0.4, -0.2) is 33.6 Å². The molecule has 0 radical (unpaired) electrons. The van der Waals surface area contributed by atoms with Crippen molar-refractivity contribution in [1.82, 2.24) is 10.0 Å². The lowest BCUT2D eigenvalue weighted by atomic mass is 10.1. The Morgan fingerprint density at radius 1 is 1.27 bits per heavy atom. The summed E-state index contributed by atoms with van der Waals surface area (Å²) in [4.78, 5) is 12.3. The van der Waals surface area contributed by atoms with Gasteiger partial charge in [0.15, 0.2) is 0 Å². The molecule has 10 heteroatoms. The standard InChI is InChI=1S/C20H21ClF2N2O4S/c1-12(16-6-5-14(22)10-18(16)23)25-20(26)13-4-7-17(21)19(9-13)30(27,28)24-11-15-3-2-8-29-15/h4-7,9-10,12,15,24H,2-3,8,11H2,1H3,(H,25,26). The van der Waals surface area contributed by atoms with E-state index in [1.165, 1.54) is 25.1 Å². The summed E-state index contributed by atoms with van der Waals surface area (Å²) in [5.41, 5.74) is 0.135. The minimum Gasteiger partial charge on any atom is -0.377 e. The summed E-state index contributed by atoms with van der Waals surface area (Å²) in [6, 6.07) is 6.11. The maximum Gasteiger partial charge on any atom is 0.251 e. The number of sulfonamides is 1. The van der Waals surface area contributed by atoms with Crippen molar-refractivity contribution in [2.45, 2.75) is 36.8 Å². The van der Waals surface area contributed by atoms with E-state index in [1.54, 1.807) is 0 Å². The van der Waals surface area contributed by atoms with Gasteiger partial charge in [-0.1, -0.05) is 17.7 Å². The number of halogens is 3. The van der Waals surface area contributed by atoms with Crippen molar-refractivity contribution < 1.29 is 26.7 Å². The van der Waals surface area contributed by atoms with Crippen LogP contribution in [0.5, 0.6) is 0 Å². The number of carbonyl (C=O) groups excluding carboxylic acids is 1. The van der Waals surface area contributed by atoms with Crippen LogP contribution in [0.15, 0.2) is 41.3 Å². The summed E-state index contributed by atoms with van der Waals surface area (Å²) in [6.45, 7) is 2.23. The third-order valence-corrected chi connectivity index (χ3v) is 6.69. The fraction of sp³-hybridized carbons (Fsp3) is 0.350. The Balaban J connectivity index is 1.75. The summed E-state index contributed by atoms with van der Waals surface area (Å²) >= 11 is 6.05. The molecule has 1 fully saturated rings. The van der Waals surface area contributed by atoms with Crippen LogP contribution in [-0.2, 0) is 14.8 Å². The molecule has 2 aromatic rings. The zero-order valence-electron chi connectivity index (χ0n) is 16.1. The minimum absolute atomic E-state index is 0.0336. The van der Waals surface area contributed by atoms with Crippen LogP contribution >= 0.6 is 11.6 Å². The molecule has 6 nitrogen and oxygen atoms in total. The van der Waals surface area contributed by atoms with E-state index in [1.807, 2.05) is 0 Å². The summed E-state index contributed by atoms with van der Waals surface area (Å²) < 4.78 is 60.1. The van der Waals surface area contributed by atoms with Crippen LogP contribution in [0, 0.1) is 11.6 Å². The molecule has 1 amide bonds. The molecule has 2 unspecified atom stereocenters. The lowest BCUT2D eigenvalue weighted by Crippen LogP contribution is -2.32. The maximum absolute atomic E-state index is 13.9. The molecule has 3 rings (SSSR count). The number of ether oxygens (including phenoxy) is 1. The molecule has 0 bridgehead atoms. The van der Waals surface area contributed by atoms with E-state index in [0.29, 0.717) is 6.61 Å². The van der Waals surface area contributed by atoms with Crippen molar-refractivity contribution in [1.29, 1.82) is 0 Å². The van der Waals surface area contributed by atoms with Crippen molar-refractivity contribution in [3.63, 3.8) is 0 Å². The lowest BCUT2D eigenvalue weighted by Gasteiger charge is -2.16. The van der Waals surface area contributed by atoms with E-state index >= 15 is 0 Å². The fourth-order valence-electron chi connectivity index (χ4n) is 3.15. The molecule has 2 aromatic carbocycles. The third kappa shape index (κ3) is 5.34. The molecule has 0 saturated carbocycles. The van der Waals surface area contributed by atoms with Crippen molar-refractivity contribution in [3.05, 3.63) is 64.2 Å². The van der Waals surface area contributed by atoms with Crippen LogP contribution in [0.3, 0.4) is 0 Å². The normalized spacial score (nSPS) is 17.7. The Bertz CT molecular complexity index is 1040. The highest BCUT2D eigenvalue weighted by atomic mass is 35.5. The molecule has 1 saturated heterocycles. The average Bonchev–Trinajstić information content (AvgIpc) is 3.20. The zero-order valence-corrected chi connectivity index (χ0v) is 17.7. The molecular formula is C20H21ClF2N2O4S. The monoisotopic (exact) mass is 458 g/mol. The first-order valence-electron chi connectivity index (χ1n) is 9.34. The number of hydrogen-bond acceptors (Lipinski definition) is 4. The summed E-state index contributed by atoms with van der Waals surface area (Å²) in [5.74, 6) is -2.14. The Kier molecular flexibility index (Phi) is 7.07. The molecule has 30 heavy (non-hydrogen) atoms. The van der Waals surface area contributed by atoms with Gasteiger partial charge >= 0.3 is 0 Å². The van der Waals surface area contributed by atoms with Gasteiger partial charge < -0.3 is 10.1 Å². The van der Waals surface area contributed by atoms with Gasteiger partial charge in [0.05, 0.1) is 17.2 Å². The van der Waals surface area contributed by atoms with E-state index in [9.17, 15) is 22.0 Å². The van der Waals surface area contributed by atoms with E-state index in [-0.39, 0.29) is 33.7 Å². The second kappa shape index (κ2) is 9.38. The molecule has 1 aliphatic rings. The molecule has 2 N–H and O–H groups in total. The second-order valence-electron chi connectivity index (χ2n) is 6.99. The molecule has 0 aliphatic carbocycles. The molecule has 1 heterocycles. The topological polar surface area (TPSA) is 84.5 Å². The Morgan fingerprint density at radius 3 is 2.70 bits per heavy atom. The summed E-state index contributed by atoms with van der Waals surface area (Å²) in [5, 5.41) is 2.53. The first kappa shape index (κ1) is 22.6. The van der Waals surface area contributed by atoms with Gasteiger partial charge in [-0.15, -0.1) is 0 Å². The molecule has 0 aromatic heterocycles. The van der Waals surface area contributed by atoms with Gasteiger partial charge in [0.1, 0.15) is 16.5 Å². The maximum atomic E-state index is 13.9. The van der Waals surface area contributed by atoms with Gasteiger partial charge in [-0.05, 0) is 44.0 Å². The molecule has 1 aliphatic heterocycles. The van der Waals surface area contributed by atoms with Crippen LogP contribution in [0.2, 0.25) is 5.02 Å². The van der Waals surface area contributed by atoms with Crippen molar-refractivity contribution in [3.8, 4) is 0 Å². The van der Waals surface area contributed by atoms with Crippen LogP contribution in [0.4, 0.5) is 8.78 Å².